The average Bonchev–Trinajstić information content (AvgIpc) is 2.65. The lowest BCUT2D eigenvalue weighted by Crippen LogP contribution is -2.08. The Balaban J connectivity index is 2.24. The van der Waals surface area contributed by atoms with Crippen LogP contribution in [0.5, 0.6) is 0 Å². The summed E-state index contributed by atoms with van der Waals surface area (Å²) < 4.78 is 13.8. The molecule has 0 aliphatic rings. The Kier molecular flexibility index (Phi) is 4.36. The second-order valence-electron chi connectivity index (χ2n) is 5.11. The lowest BCUT2D eigenvalue weighted by atomic mass is 9.95. The van der Waals surface area contributed by atoms with E-state index in [1.807, 2.05) is 12.1 Å². The molecule has 0 atom stereocenters. The van der Waals surface area contributed by atoms with Gasteiger partial charge in [-0.25, -0.2) is 4.39 Å². The molecule has 0 amide bonds. The van der Waals surface area contributed by atoms with E-state index in [9.17, 15) is 14.9 Å². The number of fused-ring (bicyclic) bond motifs is 1. The number of halogens is 1. The highest BCUT2D eigenvalue weighted by molar-refractivity contribution is 6.15. The quantitative estimate of drug-likeness (QED) is 0.543. The van der Waals surface area contributed by atoms with Crippen molar-refractivity contribution in [2.75, 3.05) is 7.11 Å². The van der Waals surface area contributed by atoms with Crippen molar-refractivity contribution in [3.8, 4) is 12.1 Å². The largest absolute Gasteiger partial charge is 0.399 e. The monoisotopic (exact) mass is 330 g/mol. The van der Waals surface area contributed by atoms with E-state index in [2.05, 4.69) is 10.1 Å². The number of nitriles is 2. The first-order valence-corrected chi connectivity index (χ1v) is 7.29. The van der Waals surface area contributed by atoms with E-state index in [0.29, 0.717) is 22.2 Å². The molecule has 1 heterocycles. The third kappa shape index (κ3) is 2.89. The molecule has 0 saturated heterocycles. The Morgan fingerprint density at radius 3 is 2.68 bits per heavy atom. The van der Waals surface area contributed by atoms with Gasteiger partial charge in [0.2, 0.25) is 0 Å². The zero-order valence-corrected chi connectivity index (χ0v) is 13.2. The van der Waals surface area contributed by atoms with E-state index in [1.54, 1.807) is 36.4 Å². The van der Waals surface area contributed by atoms with Crippen LogP contribution < -0.4 is 0 Å². The molecule has 0 unspecified atom stereocenters. The number of benzene rings is 2. The maximum Gasteiger partial charge on any atom is 0.149 e. The van der Waals surface area contributed by atoms with Crippen LogP contribution in [0.25, 0.3) is 10.9 Å². The van der Waals surface area contributed by atoms with Crippen molar-refractivity contribution in [2.24, 2.45) is 5.16 Å². The number of nitrogens with zero attached hydrogens (tertiary/aromatic N) is 4. The van der Waals surface area contributed by atoms with Crippen molar-refractivity contribution in [3.63, 3.8) is 0 Å². The first-order chi connectivity index (χ1) is 12.2. The SMILES string of the molecule is CON=C(c1cnc2c(F)cccc2c1)c1cccc(C#N)c1C#N. The van der Waals surface area contributed by atoms with Gasteiger partial charge in [0.05, 0.1) is 11.1 Å². The van der Waals surface area contributed by atoms with Crippen molar-refractivity contribution in [1.82, 2.24) is 4.98 Å². The molecule has 5 nitrogen and oxygen atoms in total. The number of pyridine rings is 1. The Hall–Kier alpha value is -3.77. The predicted octanol–water partition coefficient (Wildman–Crippen LogP) is 3.52. The number of aromatic nitrogens is 1. The molecule has 3 aromatic rings. The maximum absolute atomic E-state index is 13.8. The molecule has 0 N–H and O–H groups in total. The van der Waals surface area contributed by atoms with E-state index in [0.717, 1.165) is 0 Å². The van der Waals surface area contributed by atoms with Crippen LogP contribution in [0.4, 0.5) is 4.39 Å². The summed E-state index contributed by atoms with van der Waals surface area (Å²) in [5.41, 5.74) is 2.01. The predicted molar refractivity (Wildman–Crippen MR) is 90.2 cm³/mol. The van der Waals surface area contributed by atoms with Gasteiger partial charge in [0.25, 0.3) is 0 Å². The minimum absolute atomic E-state index is 0.195. The van der Waals surface area contributed by atoms with Gasteiger partial charge in [-0.15, -0.1) is 0 Å². The van der Waals surface area contributed by atoms with Gasteiger partial charge in [-0.2, -0.15) is 10.5 Å². The molecule has 0 bridgehead atoms. The van der Waals surface area contributed by atoms with Gasteiger partial charge < -0.3 is 4.84 Å². The van der Waals surface area contributed by atoms with E-state index in [1.165, 1.54) is 19.4 Å². The van der Waals surface area contributed by atoms with E-state index in [-0.39, 0.29) is 16.6 Å². The highest BCUT2D eigenvalue weighted by atomic mass is 19.1. The average molecular weight is 330 g/mol. The molecular weight excluding hydrogens is 319 g/mol. The molecule has 0 radical (unpaired) electrons. The number of oxime groups is 1. The molecule has 25 heavy (non-hydrogen) atoms. The van der Waals surface area contributed by atoms with Crippen molar-refractivity contribution < 1.29 is 9.23 Å². The molecular formula is C19H11FN4O. The highest BCUT2D eigenvalue weighted by Crippen LogP contribution is 2.22. The first-order valence-electron chi connectivity index (χ1n) is 7.29. The molecule has 0 fully saturated rings. The molecule has 2 aromatic carbocycles. The van der Waals surface area contributed by atoms with Gasteiger partial charge in [-0.05, 0) is 18.2 Å². The van der Waals surface area contributed by atoms with Gasteiger partial charge in [0.15, 0.2) is 0 Å². The van der Waals surface area contributed by atoms with Crippen LogP contribution >= 0.6 is 0 Å². The minimum Gasteiger partial charge on any atom is -0.399 e. The van der Waals surface area contributed by atoms with Crippen molar-refractivity contribution >= 4 is 16.6 Å². The molecule has 0 saturated carbocycles. The molecule has 0 spiro atoms. The van der Waals surface area contributed by atoms with Crippen LogP contribution in [-0.2, 0) is 4.84 Å². The number of hydrogen-bond donors (Lipinski definition) is 0. The third-order valence-electron chi connectivity index (χ3n) is 3.67. The third-order valence-corrected chi connectivity index (χ3v) is 3.67. The zero-order valence-electron chi connectivity index (χ0n) is 13.2. The van der Waals surface area contributed by atoms with Crippen LogP contribution in [0.3, 0.4) is 0 Å². The fraction of sp³-hybridized carbons (Fsp3) is 0.0526. The van der Waals surface area contributed by atoms with Crippen LogP contribution in [0.1, 0.15) is 22.3 Å². The van der Waals surface area contributed by atoms with E-state index in [4.69, 9.17) is 4.84 Å². The van der Waals surface area contributed by atoms with Gasteiger partial charge in [-0.3, -0.25) is 4.98 Å². The normalized spacial score (nSPS) is 11.0. The van der Waals surface area contributed by atoms with Crippen molar-refractivity contribution in [2.45, 2.75) is 0 Å². The number of rotatable bonds is 3. The molecule has 0 aliphatic carbocycles. The van der Waals surface area contributed by atoms with Crippen molar-refractivity contribution in [1.29, 1.82) is 10.5 Å². The van der Waals surface area contributed by atoms with E-state index >= 15 is 0 Å². The van der Waals surface area contributed by atoms with E-state index < -0.39 is 5.82 Å². The number of para-hydroxylation sites is 1. The van der Waals surface area contributed by atoms with Gasteiger partial charge >= 0.3 is 0 Å². The fourth-order valence-corrected chi connectivity index (χ4v) is 2.57. The summed E-state index contributed by atoms with van der Waals surface area (Å²) in [6, 6.07) is 15.3. The summed E-state index contributed by atoms with van der Waals surface area (Å²) in [7, 11) is 1.38. The van der Waals surface area contributed by atoms with Crippen LogP contribution in [0.2, 0.25) is 0 Å². The summed E-state index contributed by atoms with van der Waals surface area (Å²) in [6.45, 7) is 0. The van der Waals surface area contributed by atoms with Gasteiger partial charge in [0, 0.05) is 22.7 Å². The molecule has 6 heteroatoms. The highest BCUT2D eigenvalue weighted by Gasteiger charge is 2.17. The lowest BCUT2D eigenvalue weighted by Gasteiger charge is -2.10. The second-order valence-corrected chi connectivity index (χ2v) is 5.11. The van der Waals surface area contributed by atoms with Gasteiger partial charge in [0.1, 0.15) is 36.3 Å². The van der Waals surface area contributed by atoms with Crippen LogP contribution in [0.15, 0.2) is 53.8 Å². The maximum atomic E-state index is 13.8. The summed E-state index contributed by atoms with van der Waals surface area (Å²) >= 11 is 0. The summed E-state index contributed by atoms with van der Waals surface area (Å²) in [5, 5.41) is 23.2. The second kappa shape index (κ2) is 6.77. The summed E-state index contributed by atoms with van der Waals surface area (Å²) in [4.78, 5) is 9.06. The summed E-state index contributed by atoms with van der Waals surface area (Å²) in [5.74, 6) is -0.418. The Morgan fingerprint density at radius 2 is 1.96 bits per heavy atom. The first kappa shape index (κ1) is 16.1. The Bertz CT molecular complexity index is 1080. The summed E-state index contributed by atoms with van der Waals surface area (Å²) in [6.07, 6.45) is 1.46. The topological polar surface area (TPSA) is 82.1 Å². The Morgan fingerprint density at radius 1 is 1.16 bits per heavy atom. The number of hydrogen-bond acceptors (Lipinski definition) is 5. The van der Waals surface area contributed by atoms with Gasteiger partial charge in [-0.1, -0.05) is 29.4 Å². The standard InChI is InChI=1S/C19H11FN4O/c1-25-24-18(15-6-2-5-13(9-21)16(15)10-22)14-8-12-4-3-7-17(20)19(12)23-11-14/h2-8,11H,1H3. The molecule has 0 aliphatic heterocycles. The molecule has 1 aromatic heterocycles. The molecule has 3 rings (SSSR count). The smallest absolute Gasteiger partial charge is 0.149 e. The minimum atomic E-state index is -0.418. The van der Waals surface area contributed by atoms with Crippen molar-refractivity contribution in [3.05, 3.63) is 76.7 Å². The lowest BCUT2D eigenvalue weighted by molar-refractivity contribution is 0.214. The zero-order chi connectivity index (χ0) is 17.8. The van der Waals surface area contributed by atoms with Crippen LogP contribution in [0, 0.1) is 28.5 Å². The fourth-order valence-electron chi connectivity index (χ4n) is 2.57. The Labute approximate surface area is 143 Å². The molecule has 120 valence electrons. The van der Waals surface area contributed by atoms with Crippen LogP contribution in [-0.4, -0.2) is 17.8 Å².